The lowest BCUT2D eigenvalue weighted by molar-refractivity contribution is -0.142. The SMILES string of the molecule is CNC(=O)NC[C@@H]1CCC[C@@H]1C(=O)O. The molecule has 2 atom stereocenters. The van der Waals surface area contributed by atoms with Crippen LogP contribution in [0.15, 0.2) is 0 Å². The van der Waals surface area contributed by atoms with Gasteiger partial charge in [-0.15, -0.1) is 0 Å². The van der Waals surface area contributed by atoms with Crippen LogP contribution in [-0.4, -0.2) is 30.7 Å². The highest BCUT2D eigenvalue weighted by atomic mass is 16.4. The van der Waals surface area contributed by atoms with Crippen LogP contribution in [0.4, 0.5) is 4.79 Å². The first-order valence-electron chi connectivity index (χ1n) is 4.83. The second-order valence-electron chi connectivity index (χ2n) is 3.60. The molecule has 1 fully saturated rings. The van der Waals surface area contributed by atoms with Crippen molar-refractivity contribution in [2.75, 3.05) is 13.6 Å². The van der Waals surface area contributed by atoms with Crippen LogP contribution in [0, 0.1) is 11.8 Å². The number of carbonyl (C=O) groups excluding carboxylic acids is 1. The largest absolute Gasteiger partial charge is 0.481 e. The Morgan fingerprint density at radius 3 is 2.71 bits per heavy atom. The third kappa shape index (κ3) is 2.61. The summed E-state index contributed by atoms with van der Waals surface area (Å²) in [4.78, 5) is 21.7. The summed E-state index contributed by atoms with van der Waals surface area (Å²) < 4.78 is 0. The van der Waals surface area contributed by atoms with Crippen molar-refractivity contribution in [3.05, 3.63) is 0 Å². The third-order valence-corrected chi connectivity index (χ3v) is 2.73. The number of carboxylic acid groups (broad SMARTS) is 1. The van der Waals surface area contributed by atoms with E-state index in [2.05, 4.69) is 10.6 Å². The number of carboxylic acids is 1. The maximum absolute atomic E-state index is 10.9. The van der Waals surface area contributed by atoms with E-state index in [4.69, 9.17) is 5.11 Å². The van der Waals surface area contributed by atoms with Gasteiger partial charge in [-0.3, -0.25) is 4.79 Å². The zero-order valence-corrected chi connectivity index (χ0v) is 8.25. The smallest absolute Gasteiger partial charge is 0.314 e. The number of hydrogen-bond donors (Lipinski definition) is 3. The summed E-state index contributed by atoms with van der Waals surface area (Å²) in [5, 5.41) is 14.0. The summed E-state index contributed by atoms with van der Waals surface area (Å²) >= 11 is 0. The van der Waals surface area contributed by atoms with Gasteiger partial charge in [-0.2, -0.15) is 0 Å². The van der Waals surface area contributed by atoms with Gasteiger partial charge in [0.15, 0.2) is 0 Å². The number of amides is 2. The van der Waals surface area contributed by atoms with E-state index in [0.29, 0.717) is 6.54 Å². The van der Waals surface area contributed by atoms with E-state index in [9.17, 15) is 9.59 Å². The fraction of sp³-hybridized carbons (Fsp3) is 0.778. The molecule has 3 N–H and O–H groups in total. The molecule has 2 amide bonds. The zero-order valence-electron chi connectivity index (χ0n) is 8.25. The van der Waals surface area contributed by atoms with E-state index in [-0.39, 0.29) is 17.9 Å². The van der Waals surface area contributed by atoms with Gasteiger partial charge in [-0.05, 0) is 18.8 Å². The number of urea groups is 1. The second kappa shape index (κ2) is 4.83. The molecule has 0 aliphatic heterocycles. The molecule has 0 saturated heterocycles. The predicted molar refractivity (Wildman–Crippen MR) is 50.9 cm³/mol. The molecule has 80 valence electrons. The number of aliphatic carboxylic acids is 1. The monoisotopic (exact) mass is 200 g/mol. The van der Waals surface area contributed by atoms with Crippen LogP contribution in [0.3, 0.4) is 0 Å². The molecular weight excluding hydrogens is 184 g/mol. The summed E-state index contributed by atoms with van der Waals surface area (Å²) in [6.45, 7) is 0.455. The molecule has 1 aliphatic carbocycles. The molecule has 0 radical (unpaired) electrons. The zero-order chi connectivity index (χ0) is 10.6. The highest BCUT2D eigenvalue weighted by Crippen LogP contribution is 2.31. The molecule has 1 aliphatic rings. The molecule has 0 aromatic carbocycles. The molecule has 0 aromatic heterocycles. The standard InChI is InChI=1S/C9H16N2O3/c1-10-9(14)11-5-6-3-2-4-7(6)8(12)13/h6-7H,2-5H2,1H3,(H,12,13)(H2,10,11,14)/t6-,7-/m0/s1. The van der Waals surface area contributed by atoms with E-state index < -0.39 is 5.97 Å². The van der Waals surface area contributed by atoms with Gasteiger partial charge in [0.25, 0.3) is 0 Å². The van der Waals surface area contributed by atoms with Crippen molar-refractivity contribution in [3.63, 3.8) is 0 Å². The lowest BCUT2D eigenvalue weighted by Gasteiger charge is -2.15. The number of rotatable bonds is 3. The first kappa shape index (κ1) is 10.8. The van der Waals surface area contributed by atoms with Crippen LogP contribution in [0.5, 0.6) is 0 Å². The molecule has 0 aromatic rings. The van der Waals surface area contributed by atoms with Gasteiger partial charge >= 0.3 is 12.0 Å². The molecule has 0 unspecified atom stereocenters. The Morgan fingerprint density at radius 1 is 1.43 bits per heavy atom. The second-order valence-corrected chi connectivity index (χ2v) is 3.60. The maximum atomic E-state index is 10.9. The molecule has 1 rings (SSSR count). The lowest BCUT2D eigenvalue weighted by atomic mass is 9.96. The van der Waals surface area contributed by atoms with Crippen LogP contribution < -0.4 is 10.6 Å². The average molecular weight is 200 g/mol. The molecule has 5 heteroatoms. The normalized spacial score (nSPS) is 25.8. The van der Waals surface area contributed by atoms with Crippen molar-refractivity contribution < 1.29 is 14.7 Å². The summed E-state index contributed by atoms with van der Waals surface area (Å²) in [5.74, 6) is -0.942. The molecule has 0 spiro atoms. The summed E-state index contributed by atoms with van der Waals surface area (Å²) in [6, 6.07) is -0.249. The number of nitrogens with one attached hydrogen (secondary N) is 2. The van der Waals surface area contributed by atoms with Crippen molar-refractivity contribution in [2.45, 2.75) is 19.3 Å². The Kier molecular flexibility index (Phi) is 3.73. The van der Waals surface area contributed by atoms with Crippen LogP contribution >= 0.6 is 0 Å². The van der Waals surface area contributed by atoms with Crippen LogP contribution in [0.1, 0.15) is 19.3 Å². The lowest BCUT2D eigenvalue weighted by Crippen LogP contribution is -2.38. The van der Waals surface area contributed by atoms with Gasteiger partial charge in [-0.1, -0.05) is 6.42 Å². The van der Waals surface area contributed by atoms with Crippen LogP contribution in [0.25, 0.3) is 0 Å². The van der Waals surface area contributed by atoms with Gasteiger partial charge in [-0.25, -0.2) is 4.79 Å². The van der Waals surface area contributed by atoms with Crippen molar-refractivity contribution in [1.29, 1.82) is 0 Å². The van der Waals surface area contributed by atoms with Gasteiger partial charge in [0, 0.05) is 13.6 Å². The summed E-state index contributed by atoms with van der Waals surface area (Å²) in [7, 11) is 1.54. The molecule has 0 bridgehead atoms. The Bertz CT molecular complexity index is 230. The first-order chi connectivity index (χ1) is 6.65. The van der Waals surface area contributed by atoms with Gasteiger partial charge in [0.2, 0.25) is 0 Å². The highest BCUT2D eigenvalue weighted by Gasteiger charge is 2.32. The minimum atomic E-state index is -0.744. The van der Waals surface area contributed by atoms with Gasteiger partial charge in [0.05, 0.1) is 5.92 Å². The first-order valence-corrected chi connectivity index (χ1v) is 4.83. The van der Waals surface area contributed by atoms with Gasteiger partial charge < -0.3 is 15.7 Å². The molecule has 0 heterocycles. The van der Waals surface area contributed by atoms with Crippen molar-refractivity contribution in [2.24, 2.45) is 11.8 Å². The van der Waals surface area contributed by atoms with Crippen molar-refractivity contribution >= 4 is 12.0 Å². The number of hydrogen-bond acceptors (Lipinski definition) is 2. The minimum absolute atomic E-state index is 0.0878. The Labute approximate surface area is 82.9 Å². The molecule has 1 saturated carbocycles. The minimum Gasteiger partial charge on any atom is -0.481 e. The highest BCUT2D eigenvalue weighted by molar-refractivity contribution is 5.74. The molecule has 5 nitrogen and oxygen atoms in total. The Balaban J connectivity index is 2.36. The van der Waals surface area contributed by atoms with Crippen LogP contribution in [-0.2, 0) is 4.79 Å². The van der Waals surface area contributed by atoms with Gasteiger partial charge in [0.1, 0.15) is 0 Å². The number of carbonyl (C=O) groups is 2. The van der Waals surface area contributed by atoms with E-state index in [1.54, 1.807) is 7.05 Å². The topological polar surface area (TPSA) is 78.4 Å². The fourth-order valence-corrected chi connectivity index (χ4v) is 1.92. The van der Waals surface area contributed by atoms with Crippen LogP contribution in [0.2, 0.25) is 0 Å². The molecular formula is C9H16N2O3. The Hall–Kier alpha value is -1.26. The summed E-state index contributed by atoms with van der Waals surface area (Å²) in [5.41, 5.74) is 0. The van der Waals surface area contributed by atoms with Crippen molar-refractivity contribution in [3.8, 4) is 0 Å². The third-order valence-electron chi connectivity index (χ3n) is 2.73. The average Bonchev–Trinajstić information content (AvgIpc) is 2.62. The molecule has 14 heavy (non-hydrogen) atoms. The van der Waals surface area contributed by atoms with E-state index in [0.717, 1.165) is 19.3 Å². The van der Waals surface area contributed by atoms with E-state index >= 15 is 0 Å². The van der Waals surface area contributed by atoms with E-state index in [1.807, 2.05) is 0 Å². The maximum Gasteiger partial charge on any atom is 0.314 e. The van der Waals surface area contributed by atoms with E-state index in [1.165, 1.54) is 0 Å². The predicted octanol–water partition coefficient (Wildman–Crippen LogP) is 0.416. The summed E-state index contributed by atoms with van der Waals surface area (Å²) in [6.07, 6.45) is 2.56. The Morgan fingerprint density at radius 2 is 2.14 bits per heavy atom. The quantitative estimate of drug-likeness (QED) is 0.617. The fourth-order valence-electron chi connectivity index (χ4n) is 1.92. The van der Waals surface area contributed by atoms with Crippen molar-refractivity contribution in [1.82, 2.24) is 10.6 Å².